The van der Waals surface area contributed by atoms with Crippen LogP contribution in [0.3, 0.4) is 0 Å². The van der Waals surface area contributed by atoms with Crippen LogP contribution in [-0.2, 0) is 4.74 Å². The van der Waals surface area contributed by atoms with E-state index in [2.05, 4.69) is 25.3 Å². The molecule has 20 heteroatoms. The Balaban J connectivity index is 0. The zero-order valence-electron chi connectivity index (χ0n) is 29.6. The molecule has 7 N–H and O–H groups in total. The molecule has 4 heterocycles. The first-order valence-electron chi connectivity index (χ1n) is 16.0. The summed E-state index contributed by atoms with van der Waals surface area (Å²) < 4.78 is 107. The number of nitrogen functional groups attached to an aromatic ring is 1. The average molecular weight is 904 g/mol. The highest BCUT2D eigenvalue weighted by atomic mass is 35.5. The number of rotatable bonds is 2. The van der Waals surface area contributed by atoms with Crippen LogP contribution in [0.15, 0.2) is 79.4 Å². The second kappa shape index (κ2) is 23.3. The van der Waals surface area contributed by atoms with Crippen LogP contribution in [0, 0.1) is 56.7 Å². The standard InChI is InChI=1S/C13H14F2N2O2.C8H4F2N2O2.C8H6F2N2.C8H5F2N.5CH4.ClH/c1-13(2,3)19-12(18)17-11-6-16-10-5-9(15)8(14)4-7(10)11;9-5-1-4-7(2-6(5)10)11-3-8(4)12(13)14;9-5-1-4-7(11)3-12-8(4)2-6(5)10;9-6-3-5-1-2-11-8(5)4-7(6)10;;;;;;/h4-6,16H,1-3H3,(H,17,18);1-3,11H;1-3,12H,11H2;1-4,11H;5*1H4;1H. The van der Waals surface area contributed by atoms with Gasteiger partial charge in [-0.2, -0.15) is 0 Å². The maximum Gasteiger partial charge on any atom is 0.412 e. The van der Waals surface area contributed by atoms with E-state index in [9.17, 15) is 50.0 Å². The number of anilines is 2. The van der Waals surface area contributed by atoms with Crippen LogP contribution < -0.4 is 11.1 Å². The third-order valence-corrected chi connectivity index (χ3v) is 7.60. The van der Waals surface area contributed by atoms with E-state index in [-0.39, 0.29) is 66.1 Å². The van der Waals surface area contributed by atoms with E-state index < -0.39 is 63.2 Å². The van der Waals surface area contributed by atoms with Crippen LogP contribution in [0.5, 0.6) is 0 Å². The number of nitrogens with zero attached hydrogens (tertiary/aromatic N) is 1. The van der Waals surface area contributed by atoms with Crippen molar-refractivity contribution in [2.24, 2.45) is 0 Å². The van der Waals surface area contributed by atoms with Crippen LogP contribution in [0.1, 0.15) is 57.9 Å². The van der Waals surface area contributed by atoms with Crippen molar-refractivity contribution in [1.29, 1.82) is 0 Å². The van der Waals surface area contributed by atoms with Crippen molar-refractivity contribution in [3.05, 3.63) is 136 Å². The number of aromatic nitrogens is 4. The minimum Gasteiger partial charge on any atom is -0.444 e. The first kappa shape index (κ1) is 57.3. The van der Waals surface area contributed by atoms with Crippen LogP contribution in [0.2, 0.25) is 0 Å². The third-order valence-electron chi connectivity index (χ3n) is 7.60. The van der Waals surface area contributed by atoms with E-state index in [0.717, 1.165) is 48.7 Å². The zero-order valence-corrected chi connectivity index (χ0v) is 30.4. The fourth-order valence-corrected chi connectivity index (χ4v) is 5.07. The summed E-state index contributed by atoms with van der Waals surface area (Å²) in [5.41, 5.74) is 7.05. The van der Waals surface area contributed by atoms with Crippen molar-refractivity contribution in [1.82, 2.24) is 19.9 Å². The maximum absolute atomic E-state index is 13.2. The lowest BCUT2D eigenvalue weighted by Crippen LogP contribution is -2.27. The molecule has 4 aromatic carbocycles. The highest BCUT2D eigenvalue weighted by molar-refractivity contribution is 5.99. The number of hydrogen-bond donors (Lipinski definition) is 6. The number of H-pyrrole nitrogens is 4. The number of halogens is 9. The van der Waals surface area contributed by atoms with E-state index in [1.807, 2.05) is 0 Å². The van der Waals surface area contributed by atoms with Gasteiger partial charge >= 0.3 is 6.09 Å². The van der Waals surface area contributed by atoms with E-state index in [1.165, 1.54) is 18.5 Å². The zero-order chi connectivity index (χ0) is 41.1. The summed E-state index contributed by atoms with van der Waals surface area (Å²) in [6.45, 7) is 5.20. The minimum atomic E-state index is -1.10. The van der Waals surface area contributed by atoms with Gasteiger partial charge in [0.1, 0.15) is 5.60 Å². The number of aromatic amines is 4. The molecular weight excluding hydrogens is 854 g/mol. The summed E-state index contributed by atoms with van der Waals surface area (Å²) >= 11 is 0. The molecule has 62 heavy (non-hydrogen) atoms. The molecule has 8 rings (SSSR count). The van der Waals surface area contributed by atoms with Gasteiger partial charge in [-0.3, -0.25) is 15.4 Å². The predicted octanol–water partition coefficient (Wildman–Crippen LogP) is 14.2. The molecule has 11 nitrogen and oxygen atoms in total. The third kappa shape index (κ3) is 13.6. The molecule has 0 saturated heterocycles. The van der Waals surface area contributed by atoms with Gasteiger partial charge in [0.25, 0.3) is 5.69 Å². The normalized spacial score (nSPS) is 9.98. The van der Waals surface area contributed by atoms with Crippen LogP contribution in [0.25, 0.3) is 43.6 Å². The number of benzene rings is 4. The monoisotopic (exact) mass is 903 g/mol. The molecule has 340 valence electrons. The Labute approximate surface area is 358 Å². The number of carbonyl (C=O) groups is 1. The molecule has 0 saturated carbocycles. The van der Waals surface area contributed by atoms with E-state index >= 15 is 0 Å². The molecule has 0 fully saturated rings. The topological polar surface area (TPSA) is 171 Å². The number of carbonyl (C=O) groups excluding carboxylic acids is 1. The Morgan fingerprint density at radius 1 is 0.613 bits per heavy atom. The molecule has 8 aromatic rings. The Bertz CT molecular complexity index is 2690. The van der Waals surface area contributed by atoms with Gasteiger partial charge in [0.05, 0.1) is 44.4 Å². The number of nitrogens with one attached hydrogen (secondary N) is 5. The fourth-order valence-electron chi connectivity index (χ4n) is 5.07. The SMILES string of the molecule is C.C.C.C.C.CC(C)(C)OC(=O)Nc1c[nH]c2cc(F)c(F)cc12.Cl.Fc1cc2cc[nH]c2cc1F.Nc1c[nH]c2cc(F)c(F)cc12.O=[N+]([O-])c1c[nH]c2cc(F)c(F)cc12. The second-order valence-electron chi connectivity index (χ2n) is 12.8. The molecule has 1 amide bonds. The largest absolute Gasteiger partial charge is 0.444 e. The summed E-state index contributed by atoms with van der Waals surface area (Å²) in [7, 11) is 0. The van der Waals surface area contributed by atoms with Gasteiger partial charge in [0, 0.05) is 64.5 Å². The van der Waals surface area contributed by atoms with E-state index in [1.54, 1.807) is 33.0 Å². The van der Waals surface area contributed by atoms with Crippen molar-refractivity contribution >= 4 is 79.2 Å². The number of nitro groups is 1. The smallest absolute Gasteiger partial charge is 0.412 e. The summed E-state index contributed by atoms with van der Waals surface area (Å²) in [5, 5.41) is 14.6. The summed E-state index contributed by atoms with van der Waals surface area (Å²) in [6, 6.07) is 9.91. The summed E-state index contributed by atoms with van der Waals surface area (Å²) in [6.07, 6.45) is 5.04. The maximum atomic E-state index is 13.2. The molecule has 0 bridgehead atoms. The number of fused-ring (bicyclic) bond motifs is 4. The van der Waals surface area contributed by atoms with Crippen molar-refractivity contribution in [2.45, 2.75) is 63.5 Å². The lowest BCUT2D eigenvalue weighted by Gasteiger charge is -2.19. The molecule has 0 atom stereocenters. The quantitative estimate of drug-likeness (QED) is 0.0575. The molecule has 4 aromatic heterocycles. The molecule has 0 unspecified atom stereocenters. The van der Waals surface area contributed by atoms with Gasteiger partial charge in [0.15, 0.2) is 46.5 Å². The molecule has 0 aliphatic carbocycles. The Morgan fingerprint density at radius 3 is 1.53 bits per heavy atom. The van der Waals surface area contributed by atoms with Crippen LogP contribution in [0.4, 0.5) is 57.0 Å². The first-order valence-corrected chi connectivity index (χ1v) is 16.0. The number of nitrogens with two attached hydrogens (primary N) is 1. The van der Waals surface area contributed by atoms with Gasteiger partial charge in [-0.1, -0.05) is 37.1 Å². The number of amides is 1. The van der Waals surface area contributed by atoms with Gasteiger partial charge in [-0.05, 0) is 51.1 Å². The second-order valence-corrected chi connectivity index (χ2v) is 12.8. The first-order chi connectivity index (χ1) is 26.3. The Kier molecular flexibility index (Phi) is 21.5. The summed E-state index contributed by atoms with van der Waals surface area (Å²) in [5.74, 6) is -7.43. The fraction of sp³-hybridized carbons (Fsp3) is 0.214. The van der Waals surface area contributed by atoms with Gasteiger partial charge in [-0.15, -0.1) is 12.4 Å². The lowest BCUT2D eigenvalue weighted by molar-refractivity contribution is -0.383. The molecular formula is C42H50ClF8N7O4. The molecule has 0 radical (unpaired) electrons. The average Bonchev–Trinajstić information content (AvgIpc) is 3.90. The molecule has 0 spiro atoms. The molecule has 0 aliphatic rings. The highest BCUT2D eigenvalue weighted by Gasteiger charge is 2.19. The summed E-state index contributed by atoms with van der Waals surface area (Å²) in [4.78, 5) is 32.1. The lowest BCUT2D eigenvalue weighted by atomic mass is 10.2. The number of hydrogen-bond acceptors (Lipinski definition) is 5. The van der Waals surface area contributed by atoms with Crippen molar-refractivity contribution in [3.8, 4) is 0 Å². The minimum absolute atomic E-state index is 0. The van der Waals surface area contributed by atoms with Gasteiger partial charge in [0.2, 0.25) is 0 Å². The van der Waals surface area contributed by atoms with Crippen molar-refractivity contribution < 1.29 is 49.6 Å². The van der Waals surface area contributed by atoms with Crippen molar-refractivity contribution in [2.75, 3.05) is 11.1 Å². The van der Waals surface area contributed by atoms with Gasteiger partial charge in [-0.25, -0.2) is 39.9 Å². The Hall–Kier alpha value is -6.76. The van der Waals surface area contributed by atoms with Gasteiger partial charge < -0.3 is 30.4 Å². The Morgan fingerprint density at radius 2 is 1.02 bits per heavy atom. The van der Waals surface area contributed by atoms with E-state index in [0.29, 0.717) is 44.1 Å². The van der Waals surface area contributed by atoms with Crippen LogP contribution in [-0.4, -0.2) is 36.6 Å². The number of ether oxygens (including phenoxy) is 1. The predicted molar refractivity (Wildman–Crippen MR) is 235 cm³/mol. The van der Waals surface area contributed by atoms with Crippen molar-refractivity contribution in [3.63, 3.8) is 0 Å². The van der Waals surface area contributed by atoms with E-state index in [4.69, 9.17) is 10.5 Å². The van der Waals surface area contributed by atoms with Crippen LogP contribution >= 0.6 is 12.4 Å². The highest BCUT2D eigenvalue weighted by Crippen LogP contribution is 2.28. The molecule has 0 aliphatic heterocycles.